The lowest BCUT2D eigenvalue weighted by atomic mass is 9.83. The molecule has 3 rings (SSSR count). The third-order valence-corrected chi connectivity index (χ3v) is 6.32. The topological polar surface area (TPSA) is 85.1 Å². The minimum atomic E-state index is -2.92. The molecule has 1 aliphatic carbocycles. The average molecular weight is 313 g/mol. The van der Waals surface area contributed by atoms with Gasteiger partial charge in [0.2, 0.25) is 5.89 Å². The minimum absolute atomic E-state index is 0.108. The molecule has 1 atom stereocenters. The zero-order valence-corrected chi connectivity index (χ0v) is 13.2. The first-order valence-corrected chi connectivity index (χ1v) is 9.60. The molecule has 118 valence electrons. The molecule has 1 saturated carbocycles. The van der Waals surface area contributed by atoms with Gasteiger partial charge in [-0.2, -0.15) is 4.98 Å². The summed E-state index contributed by atoms with van der Waals surface area (Å²) in [7, 11) is -2.92. The average Bonchev–Trinajstić information content (AvgIpc) is 2.87. The number of hydrogen-bond donors (Lipinski definition) is 1. The van der Waals surface area contributed by atoms with E-state index < -0.39 is 9.84 Å². The van der Waals surface area contributed by atoms with Crippen LogP contribution in [0.25, 0.3) is 0 Å². The van der Waals surface area contributed by atoms with Crippen molar-refractivity contribution in [2.24, 2.45) is 5.92 Å². The van der Waals surface area contributed by atoms with E-state index in [9.17, 15) is 8.42 Å². The number of hydrogen-bond acceptors (Lipinski definition) is 6. The van der Waals surface area contributed by atoms with Crippen molar-refractivity contribution in [1.82, 2.24) is 15.5 Å². The quantitative estimate of drug-likeness (QED) is 0.905. The molecular weight excluding hydrogens is 290 g/mol. The normalized spacial score (nSPS) is 32.9. The van der Waals surface area contributed by atoms with Gasteiger partial charge in [0.25, 0.3) is 0 Å². The third kappa shape index (κ3) is 3.83. The Hall–Kier alpha value is -0.950. The van der Waals surface area contributed by atoms with Gasteiger partial charge in [0.1, 0.15) is 0 Å². The zero-order chi connectivity index (χ0) is 14.9. The molecule has 1 aliphatic heterocycles. The van der Waals surface area contributed by atoms with E-state index in [0.29, 0.717) is 24.8 Å². The Balaban J connectivity index is 1.60. The van der Waals surface area contributed by atoms with Crippen molar-refractivity contribution in [3.8, 4) is 0 Å². The molecule has 1 aromatic rings. The number of nitrogens with zero attached hydrogens (tertiary/aromatic N) is 2. The fourth-order valence-corrected chi connectivity index (χ4v) is 4.69. The fourth-order valence-electron chi connectivity index (χ4n) is 3.24. The lowest BCUT2D eigenvalue weighted by Gasteiger charge is -2.23. The van der Waals surface area contributed by atoms with Gasteiger partial charge >= 0.3 is 0 Å². The summed E-state index contributed by atoms with van der Waals surface area (Å²) < 4.78 is 28.6. The van der Waals surface area contributed by atoms with E-state index in [-0.39, 0.29) is 17.5 Å². The molecule has 0 amide bonds. The highest BCUT2D eigenvalue weighted by Crippen LogP contribution is 2.34. The molecule has 1 aromatic heterocycles. The van der Waals surface area contributed by atoms with Crippen LogP contribution < -0.4 is 5.32 Å². The molecule has 6 nitrogen and oxygen atoms in total. The van der Waals surface area contributed by atoms with Gasteiger partial charge in [0.05, 0.1) is 11.5 Å². The van der Waals surface area contributed by atoms with Crippen LogP contribution in [0.2, 0.25) is 0 Å². The van der Waals surface area contributed by atoms with Crippen LogP contribution in [0.4, 0.5) is 0 Å². The first kappa shape index (κ1) is 15.0. The smallest absolute Gasteiger partial charge is 0.228 e. The molecule has 1 unspecified atom stereocenters. The lowest BCUT2D eigenvalue weighted by molar-refractivity contribution is 0.321. The van der Waals surface area contributed by atoms with Crippen LogP contribution in [0.5, 0.6) is 0 Å². The summed E-state index contributed by atoms with van der Waals surface area (Å²) in [5.74, 6) is 2.93. The first-order valence-electron chi connectivity index (χ1n) is 7.78. The van der Waals surface area contributed by atoms with Crippen molar-refractivity contribution < 1.29 is 12.9 Å². The van der Waals surface area contributed by atoms with Gasteiger partial charge in [0, 0.05) is 24.9 Å². The fraction of sp³-hybridized carbons (Fsp3) is 0.857. The first-order chi connectivity index (χ1) is 10.0. The van der Waals surface area contributed by atoms with Gasteiger partial charge in [-0.15, -0.1) is 0 Å². The van der Waals surface area contributed by atoms with Crippen LogP contribution in [0.3, 0.4) is 0 Å². The van der Waals surface area contributed by atoms with Gasteiger partial charge in [-0.05, 0) is 18.8 Å². The van der Waals surface area contributed by atoms with Crippen LogP contribution in [-0.4, -0.2) is 42.7 Å². The Morgan fingerprint density at radius 1 is 1.29 bits per heavy atom. The maximum atomic E-state index is 11.6. The molecule has 0 radical (unpaired) electrons. The van der Waals surface area contributed by atoms with E-state index in [0.717, 1.165) is 24.6 Å². The highest BCUT2D eigenvalue weighted by atomic mass is 32.2. The molecule has 0 bridgehead atoms. The Morgan fingerprint density at radius 3 is 2.76 bits per heavy atom. The van der Waals surface area contributed by atoms with Crippen LogP contribution in [0.15, 0.2) is 4.52 Å². The summed E-state index contributed by atoms with van der Waals surface area (Å²) >= 11 is 0. The Kier molecular flexibility index (Phi) is 4.31. The Morgan fingerprint density at radius 2 is 2.05 bits per heavy atom. The van der Waals surface area contributed by atoms with Crippen LogP contribution in [0.1, 0.15) is 50.2 Å². The third-order valence-electron chi connectivity index (χ3n) is 4.59. The maximum absolute atomic E-state index is 11.6. The molecule has 1 saturated heterocycles. The second-order valence-corrected chi connectivity index (χ2v) is 8.70. The van der Waals surface area contributed by atoms with Crippen molar-refractivity contribution in [3.63, 3.8) is 0 Å². The summed E-state index contributed by atoms with van der Waals surface area (Å²) in [5.41, 5.74) is 0. The van der Waals surface area contributed by atoms with Crippen molar-refractivity contribution in [2.45, 2.75) is 51.0 Å². The molecule has 1 N–H and O–H groups in total. The van der Waals surface area contributed by atoms with Gasteiger partial charge < -0.3 is 9.84 Å². The van der Waals surface area contributed by atoms with Crippen molar-refractivity contribution >= 4 is 9.84 Å². The maximum Gasteiger partial charge on any atom is 0.228 e. The number of rotatable bonds is 3. The number of aromatic nitrogens is 2. The summed E-state index contributed by atoms with van der Waals surface area (Å²) in [6, 6.07) is -0.108. The van der Waals surface area contributed by atoms with E-state index >= 15 is 0 Å². The van der Waals surface area contributed by atoms with E-state index in [1.54, 1.807) is 0 Å². The Labute approximate surface area is 125 Å². The van der Waals surface area contributed by atoms with Crippen molar-refractivity contribution in [3.05, 3.63) is 11.7 Å². The van der Waals surface area contributed by atoms with Gasteiger partial charge in [-0.25, -0.2) is 8.42 Å². The Bertz CT molecular complexity index is 576. The molecule has 0 aromatic carbocycles. The van der Waals surface area contributed by atoms with E-state index in [2.05, 4.69) is 22.4 Å². The molecule has 0 spiro atoms. The summed E-state index contributed by atoms with van der Waals surface area (Å²) in [4.78, 5) is 4.49. The van der Waals surface area contributed by atoms with Crippen molar-refractivity contribution in [1.29, 1.82) is 0 Å². The second kappa shape index (κ2) is 6.04. The van der Waals surface area contributed by atoms with Gasteiger partial charge in [-0.3, -0.25) is 0 Å². The van der Waals surface area contributed by atoms with E-state index in [1.807, 2.05) is 0 Å². The largest absolute Gasteiger partial charge is 0.339 e. The summed E-state index contributed by atoms with van der Waals surface area (Å²) in [6.45, 7) is 2.79. The standard InChI is InChI=1S/C14H23N3O3S/c1-10-2-4-11(5-3-10)14-16-13(20-17-14)8-12-9-21(18,19)7-6-15-12/h10-12,15H,2-9H2,1H3. The lowest BCUT2D eigenvalue weighted by Crippen LogP contribution is -2.46. The minimum Gasteiger partial charge on any atom is -0.339 e. The van der Waals surface area contributed by atoms with Crippen LogP contribution in [0, 0.1) is 5.92 Å². The monoisotopic (exact) mass is 313 g/mol. The van der Waals surface area contributed by atoms with Crippen molar-refractivity contribution in [2.75, 3.05) is 18.1 Å². The summed E-state index contributed by atoms with van der Waals surface area (Å²) in [5, 5.41) is 7.31. The highest BCUT2D eigenvalue weighted by Gasteiger charge is 2.28. The SMILES string of the molecule is CC1CCC(c2noc(CC3CS(=O)(=O)CCN3)n2)CC1. The highest BCUT2D eigenvalue weighted by molar-refractivity contribution is 7.91. The molecule has 2 aliphatic rings. The zero-order valence-electron chi connectivity index (χ0n) is 12.4. The predicted molar refractivity (Wildman–Crippen MR) is 78.8 cm³/mol. The van der Waals surface area contributed by atoms with Crippen LogP contribution >= 0.6 is 0 Å². The molecule has 2 heterocycles. The summed E-state index contributed by atoms with van der Waals surface area (Å²) in [6.07, 6.45) is 5.18. The van der Waals surface area contributed by atoms with Gasteiger partial charge in [0.15, 0.2) is 15.7 Å². The van der Waals surface area contributed by atoms with Gasteiger partial charge in [-0.1, -0.05) is 24.9 Å². The second-order valence-electron chi connectivity index (χ2n) is 6.47. The van der Waals surface area contributed by atoms with E-state index in [1.165, 1.54) is 12.8 Å². The molecule has 7 heteroatoms. The number of nitrogens with one attached hydrogen (secondary N) is 1. The molecular formula is C14H23N3O3S. The van der Waals surface area contributed by atoms with Crippen LogP contribution in [-0.2, 0) is 16.3 Å². The predicted octanol–water partition coefficient (Wildman–Crippen LogP) is 1.29. The molecule has 2 fully saturated rings. The number of sulfone groups is 1. The van der Waals surface area contributed by atoms with E-state index in [4.69, 9.17) is 4.52 Å². The molecule has 21 heavy (non-hydrogen) atoms.